The molecular weight excluding hydrogens is 220 g/mol. The van der Waals surface area contributed by atoms with E-state index in [1.165, 1.54) is 0 Å². The maximum atomic E-state index is 8.67. The summed E-state index contributed by atoms with van der Waals surface area (Å²) in [4.78, 5) is 0. The molecule has 0 atom stereocenters. The van der Waals surface area contributed by atoms with Gasteiger partial charge in [0.2, 0.25) is 0 Å². The summed E-state index contributed by atoms with van der Waals surface area (Å²) >= 11 is 0. The van der Waals surface area contributed by atoms with E-state index in [4.69, 9.17) is 10.5 Å². The van der Waals surface area contributed by atoms with Crippen molar-refractivity contribution in [3.63, 3.8) is 0 Å². The summed E-state index contributed by atoms with van der Waals surface area (Å²) in [6.45, 7) is 0. The third-order valence-electron chi connectivity index (χ3n) is 2.38. The largest absolute Gasteiger partial charge is 0.192 e. The molecule has 18 heavy (non-hydrogen) atoms. The third kappa shape index (κ3) is 2.76. The summed E-state index contributed by atoms with van der Waals surface area (Å²) < 4.78 is 0. The van der Waals surface area contributed by atoms with Gasteiger partial charge in [-0.2, -0.15) is 10.5 Å². The molecule has 0 aromatic heterocycles. The van der Waals surface area contributed by atoms with Crippen molar-refractivity contribution in [2.24, 2.45) is 0 Å². The van der Waals surface area contributed by atoms with Crippen LogP contribution in [0.1, 0.15) is 22.3 Å². The zero-order valence-corrected chi connectivity index (χ0v) is 9.51. The summed E-state index contributed by atoms with van der Waals surface area (Å²) in [6.07, 6.45) is 0. The van der Waals surface area contributed by atoms with Crippen molar-refractivity contribution in [1.29, 1.82) is 10.5 Å². The fraction of sp³-hybridized carbons (Fsp3) is 0. The Hall–Kier alpha value is -3.02. The van der Waals surface area contributed by atoms with Gasteiger partial charge in [0, 0.05) is 11.1 Å². The summed E-state index contributed by atoms with van der Waals surface area (Å²) in [5, 5.41) is 17.3. The van der Waals surface area contributed by atoms with Crippen LogP contribution >= 0.6 is 0 Å². The number of hydrogen-bond donors (Lipinski definition) is 0. The van der Waals surface area contributed by atoms with Gasteiger partial charge in [-0.05, 0) is 48.5 Å². The van der Waals surface area contributed by atoms with Crippen LogP contribution in [0.2, 0.25) is 0 Å². The third-order valence-corrected chi connectivity index (χ3v) is 2.38. The maximum Gasteiger partial charge on any atom is 0.0991 e. The molecule has 0 heterocycles. The van der Waals surface area contributed by atoms with E-state index in [2.05, 4.69) is 24.0 Å². The van der Waals surface area contributed by atoms with E-state index in [0.717, 1.165) is 11.1 Å². The minimum Gasteiger partial charge on any atom is -0.192 e. The summed E-state index contributed by atoms with van der Waals surface area (Å²) in [6, 6.07) is 18.3. The Morgan fingerprint density at radius 2 is 0.778 bits per heavy atom. The van der Waals surface area contributed by atoms with Crippen LogP contribution in [0, 0.1) is 34.5 Å². The van der Waals surface area contributed by atoms with Crippen LogP contribution in [0.15, 0.2) is 48.5 Å². The fourth-order valence-corrected chi connectivity index (χ4v) is 1.40. The fourth-order valence-electron chi connectivity index (χ4n) is 1.40. The van der Waals surface area contributed by atoms with Crippen LogP contribution in [0.25, 0.3) is 0 Å². The predicted molar refractivity (Wildman–Crippen MR) is 68.3 cm³/mol. The standard InChI is InChI=1S/C16H8N2/c17-11-15-7-3-13(4-8-15)1-2-14-5-9-16(12-18)10-6-14/h3-10H. The van der Waals surface area contributed by atoms with Gasteiger partial charge < -0.3 is 0 Å². The summed E-state index contributed by atoms with van der Waals surface area (Å²) in [5.41, 5.74) is 2.97. The van der Waals surface area contributed by atoms with Crippen LogP contribution in [0.5, 0.6) is 0 Å². The van der Waals surface area contributed by atoms with E-state index < -0.39 is 0 Å². The van der Waals surface area contributed by atoms with Crippen LogP contribution < -0.4 is 0 Å². The van der Waals surface area contributed by atoms with E-state index >= 15 is 0 Å². The van der Waals surface area contributed by atoms with Crippen molar-refractivity contribution in [2.75, 3.05) is 0 Å². The van der Waals surface area contributed by atoms with Crippen LogP contribution in [0.4, 0.5) is 0 Å². The van der Waals surface area contributed by atoms with E-state index in [1.807, 2.05) is 24.3 Å². The molecule has 0 saturated carbocycles. The summed E-state index contributed by atoms with van der Waals surface area (Å²) in [5.74, 6) is 6.01. The average molecular weight is 228 g/mol. The molecule has 0 saturated heterocycles. The van der Waals surface area contributed by atoms with Crippen molar-refractivity contribution < 1.29 is 0 Å². The molecule has 2 aromatic rings. The average Bonchev–Trinajstić information content (AvgIpc) is 2.46. The second-order valence-electron chi connectivity index (χ2n) is 3.63. The van der Waals surface area contributed by atoms with Crippen molar-refractivity contribution in [3.8, 4) is 24.0 Å². The Balaban J connectivity index is 2.20. The van der Waals surface area contributed by atoms with Gasteiger partial charge in [-0.3, -0.25) is 0 Å². The van der Waals surface area contributed by atoms with Crippen LogP contribution in [-0.2, 0) is 0 Å². The van der Waals surface area contributed by atoms with Gasteiger partial charge in [0.05, 0.1) is 23.3 Å². The van der Waals surface area contributed by atoms with Crippen LogP contribution in [-0.4, -0.2) is 0 Å². The first-order valence-corrected chi connectivity index (χ1v) is 5.34. The smallest absolute Gasteiger partial charge is 0.0991 e. The van der Waals surface area contributed by atoms with Gasteiger partial charge in [0.1, 0.15) is 0 Å². The Morgan fingerprint density at radius 1 is 0.500 bits per heavy atom. The number of benzene rings is 2. The van der Waals surface area contributed by atoms with E-state index in [1.54, 1.807) is 24.3 Å². The molecular formula is C16H8N2. The molecule has 0 bridgehead atoms. The molecule has 0 aliphatic carbocycles. The number of nitrogens with zero attached hydrogens (tertiary/aromatic N) is 2. The molecule has 0 aliphatic heterocycles. The zero-order chi connectivity index (χ0) is 12.8. The second-order valence-corrected chi connectivity index (χ2v) is 3.63. The molecule has 82 valence electrons. The first-order chi connectivity index (χ1) is 8.81. The van der Waals surface area contributed by atoms with E-state index in [-0.39, 0.29) is 0 Å². The molecule has 0 amide bonds. The molecule has 2 rings (SSSR count). The Bertz CT molecular complexity index is 623. The molecule has 0 spiro atoms. The molecule has 0 unspecified atom stereocenters. The molecule has 2 aromatic carbocycles. The first kappa shape index (κ1) is 11.5. The normalized spacial score (nSPS) is 8.56. The first-order valence-electron chi connectivity index (χ1n) is 5.34. The highest BCUT2D eigenvalue weighted by Crippen LogP contribution is 2.04. The van der Waals surface area contributed by atoms with Gasteiger partial charge in [0.15, 0.2) is 0 Å². The van der Waals surface area contributed by atoms with E-state index in [9.17, 15) is 0 Å². The minimum atomic E-state index is 0.624. The highest BCUT2D eigenvalue weighted by Gasteiger charge is 1.91. The van der Waals surface area contributed by atoms with E-state index in [0.29, 0.717) is 11.1 Å². The van der Waals surface area contributed by atoms with Gasteiger partial charge in [-0.15, -0.1) is 0 Å². The Kier molecular flexibility index (Phi) is 3.41. The van der Waals surface area contributed by atoms with Crippen molar-refractivity contribution in [2.45, 2.75) is 0 Å². The van der Waals surface area contributed by atoms with Crippen molar-refractivity contribution >= 4 is 0 Å². The molecule has 2 nitrogen and oxygen atoms in total. The Morgan fingerprint density at radius 3 is 1.06 bits per heavy atom. The van der Waals surface area contributed by atoms with Gasteiger partial charge >= 0.3 is 0 Å². The minimum absolute atomic E-state index is 0.624. The highest BCUT2D eigenvalue weighted by molar-refractivity contribution is 5.46. The monoisotopic (exact) mass is 228 g/mol. The molecule has 0 fully saturated rings. The lowest BCUT2D eigenvalue weighted by Gasteiger charge is -1.91. The quantitative estimate of drug-likeness (QED) is 0.651. The molecule has 0 N–H and O–H groups in total. The SMILES string of the molecule is N#Cc1ccc(C#Cc2ccc(C#N)cc2)cc1. The number of rotatable bonds is 0. The van der Waals surface area contributed by atoms with Crippen molar-refractivity contribution in [3.05, 3.63) is 70.8 Å². The van der Waals surface area contributed by atoms with Crippen LogP contribution in [0.3, 0.4) is 0 Å². The number of nitriles is 2. The lowest BCUT2D eigenvalue weighted by atomic mass is 10.1. The molecule has 0 aliphatic rings. The molecule has 2 heteroatoms. The van der Waals surface area contributed by atoms with Gasteiger partial charge in [0.25, 0.3) is 0 Å². The Labute approximate surface area is 106 Å². The lowest BCUT2D eigenvalue weighted by molar-refractivity contribution is 1.47. The topological polar surface area (TPSA) is 47.6 Å². The molecule has 0 radical (unpaired) electrons. The van der Waals surface area contributed by atoms with Gasteiger partial charge in [-0.1, -0.05) is 11.8 Å². The predicted octanol–water partition coefficient (Wildman–Crippen LogP) is 2.83. The summed E-state index contributed by atoms with van der Waals surface area (Å²) in [7, 11) is 0. The second kappa shape index (κ2) is 5.35. The number of hydrogen-bond acceptors (Lipinski definition) is 2. The highest BCUT2D eigenvalue weighted by atomic mass is 14.2. The lowest BCUT2D eigenvalue weighted by Crippen LogP contribution is -1.78. The maximum absolute atomic E-state index is 8.67. The van der Waals surface area contributed by atoms with Crippen molar-refractivity contribution in [1.82, 2.24) is 0 Å². The van der Waals surface area contributed by atoms with Gasteiger partial charge in [-0.25, -0.2) is 0 Å². The zero-order valence-electron chi connectivity index (χ0n) is 9.51.